The first-order valence-corrected chi connectivity index (χ1v) is 10.6. The largest absolute Gasteiger partial charge is 0.472 e. The first-order valence-electron chi connectivity index (χ1n) is 9.09. The van der Waals surface area contributed by atoms with Crippen LogP contribution in [0.3, 0.4) is 0 Å². The Morgan fingerprint density at radius 2 is 1.50 bits per heavy atom. The standard InChI is InChI=1S/C16H36NO6P/c1-2-3-4-5-6-7-8-9-10-12-21-14-16(18)15-23-24(19,20)22-13-11-17/h16,18H,2-15,17H2,1H3,(H,19,20). The summed E-state index contributed by atoms with van der Waals surface area (Å²) in [5.41, 5.74) is 5.16. The number of phosphoric acid groups is 1. The van der Waals surface area contributed by atoms with Crippen LogP contribution in [-0.2, 0) is 18.3 Å². The van der Waals surface area contributed by atoms with Crippen molar-refractivity contribution < 1.29 is 28.3 Å². The van der Waals surface area contributed by atoms with Crippen molar-refractivity contribution in [1.82, 2.24) is 0 Å². The summed E-state index contributed by atoms with van der Waals surface area (Å²) in [6.45, 7) is 2.62. The van der Waals surface area contributed by atoms with Gasteiger partial charge in [-0.25, -0.2) is 4.57 Å². The molecule has 0 rings (SSSR count). The predicted octanol–water partition coefficient (Wildman–Crippen LogP) is 2.99. The highest BCUT2D eigenvalue weighted by atomic mass is 31.2. The minimum Gasteiger partial charge on any atom is -0.388 e. The molecule has 0 amide bonds. The van der Waals surface area contributed by atoms with Gasteiger partial charge in [0.05, 0.1) is 19.8 Å². The van der Waals surface area contributed by atoms with Crippen LogP contribution in [0.2, 0.25) is 0 Å². The van der Waals surface area contributed by atoms with Gasteiger partial charge in [-0.15, -0.1) is 0 Å². The van der Waals surface area contributed by atoms with E-state index in [0.29, 0.717) is 6.61 Å². The van der Waals surface area contributed by atoms with E-state index >= 15 is 0 Å². The molecule has 24 heavy (non-hydrogen) atoms. The number of aliphatic hydroxyl groups is 1. The van der Waals surface area contributed by atoms with Crippen LogP contribution in [0.4, 0.5) is 0 Å². The lowest BCUT2D eigenvalue weighted by Crippen LogP contribution is -2.22. The molecular formula is C16H36NO6P. The maximum Gasteiger partial charge on any atom is 0.472 e. The van der Waals surface area contributed by atoms with Gasteiger partial charge in [0.2, 0.25) is 0 Å². The number of phosphoric ester groups is 1. The fraction of sp³-hybridized carbons (Fsp3) is 1.00. The van der Waals surface area contributed by atoms with E-state index in [-0.39, 0.29) is 26.4 Å². The van der Waals surface area contributed by atoms with Crippen LogP contribution < -0.4 is 5.73 Å². The molecule has 0 heterocycles. The summed E-state index contributed by atoms with van der Waals surface area (Å²) in [6, 6.07) is 0. The Morgan fingerprint density at radius 3 is 2.08 bits per heavy atom. The molecule has 0 fully saturated rings. The van der Waals surface area contributed by atoms with Crippen LogP contribution in [0.15, 0.2) is 0 Å². The van der Waals surface area contributed by atoms with E-state index in [0.717, 1.165) is 12.8 Å². The summed E-state index contributed by atoms with van der Waals surface area (Å²) in [5, 5.41) is 9.62. The Hall–Kier alpha value is -0.0100. The number of aliphatic hydroxyl groups excluding tert-OH is 1. The van der Waals surface area contributed by atoms with Gasteiger partial charge in [-0.3, -0.25) is 9.05 Å². The fourth-order valence-corrected chi connectivity index (χ4v) is 2.94. The van der Waals surface area contributed by atoms with Crippen LogP contribution in [0.5, 0.6) is 0 Å². The van der Waals surface area contributed by atoms with Gasteiger partial charge in [-0.1, -0.05) is 58.3 Å². The minimum absolute atomic E-state index is 0.0705. The topological polar surface area (TPSA) is 111 Å². The summed E-state index contributed by atoms with van der Waals surface area (Å²) in [7, 11) is -4.13. The quantitative estimate of drug-likeness (QED) is 0.251. The lowest BCUT2D eigenvalue weighted by atomic mass is 10.1. The number of nitrogens with two attached hydrogens (primary N) is 1. The second-order valence-electron chi connectivity index (χ2n) is 5.94. The highest BCUT2D eigenvalue weighted by Crippen LogP contribution is 2.42. The van der Waals surface area contributed by atoms with Crippen LogP contribution in [0.1, 0.15) is 64.7 Å². The van der Waals surface area contributed by atoms with Crippen molar-refractivity contribution in [2.75, 3.05) is 33.0 Å². The first-order chi connectivity index (χ1) is 11.5. The van der Waals surface area contributed by atoms with E-state index in [9.17, 15) is 14.6 Å². The van der Waals surface area contributed by atoms with Gasteiger partial charge in [0.15, 0.2) is 0 Å². The van der Waals surface area contributed by atoms with Crippen molar-refractivity contribution in [3.05, 3.63) is 0 Å². The first kappa shape index (κ1) is 24.0. The van der Waals surface area contributed by atoms with Gasteiger partial charge in [-0.2, -0.15) is 0 Å². The van der Waals surface area contributed by atoms with Crippen molar-refractivity contribution in [2.24, 2.45) is 5.73 Å². The van der Waals surface area contributed by atoms with E-state index in [1.165, 1.54) is 44.9 Å². The van der Waals surface area contributed by atoms with Crippen molar-refractivity contribution in [2.45, 2.75) is 70.8 Å². The molecule has 146 valence electrons. The maximum atomic E-state index is 11.3. The van der Waals surface area contributed by atoms with Gasteiger partial charge < -0.3 is 20.5 Å². The van der Waals surface area contributed by atoms with Crippen molar-refractivity contribution in [3.63, 3.8) is 0 Å². The highest BCUT2D eigenvalue weighted by molar-refractivity contribution is 7.47. The molecule has 0 saturated carbocycles. The van der Waals surface area contributed by atoms with E-state index in [1.54, 1.807) is 0 Å². The average Bonchev–Trinajstić information content (AvgIpc) is 2.56. The molecule has 8 heteroatoms. The molecule has 0 saturated heterocycles. The molecule has 0 aliphatic heterocycles. The normalized spacial score (nSPS) is 15.3. The number of rotatable bonds is 18. The zero-order valence-corrected chi connectivity index (χ0v) is 15.9. The van der Waals surface area contributed by atoms with Crippen molar-refractivity contribution in [1.29, 1.82) is 0 Å². The van der Waals surface area contributed by atoms with E-state index in [4.69, 9.17) is 10.5 Å². The number of hydrogen-bond donors (Lipinski definition) is 3. The van der Waals surface area contributed by atoms with Gasteiger partial charge >= 0.3 is 7.82 Å². The molecule has 0 spiro atoms. The van der Waals surface area contributed by atoms with Crippen LogP contribution in [-0.4, -0.2) is 49.1 Å². The summed E-state index contributed by atoms with van der Waals surface area (Å²) >= 11 is 0. The molecule has 2 atom stereocenters. The minimum atomic E-state index is -4.13. The summed E-state index contributed by atoms with van der Waals surface area (Å²) < 4.78 is 25.9. The van der Waals surface area contributed by atoms with Crippen molar-refractivity contribution in [3.8, 4) is 0 Å². The third-order valence-electron chi connectivity index (χ3n) is 3.50. The van der Waals surface area contributed by atoms with E-state index in [2.05, 4.69) is 16.0 Å². The Bertz CT molecular complexity index is 319. The molecule has 0 radical (unpaired) electrons. The summed E-state index contributed by atoms with van der Waals surface area (Å²) in [5.74, 6) is 0. The predicted molar refractivity (Wildman–Crippen MR) is 94.8 cm³/mol. The Balaban J connectivity index is 3.37. The van der Waals surface area contributed by atoms with Gasteiger partial charge in [-0.05, 0) is 6.42 Å². The van der Waals surface area contributed by atoms with Crippen LogP contribution in [0.25, 0.3) is 0 Å². The second kappa shape index (κ2) is 16.5. The molecule has 0 aliphatic rings. The van der Waals surface area contributed by atoms with E-state index < -0.39 is 13.9 Å². The molecule has 0 bridgehead atoms. The van der Waals surface area contributed by atoms with Crippen LogP contribution in [0, 0.1) is 0 Å². The monoisotopic (exact) mass is 369 g/mol. The van der Waals surface area contributed by atoms with Gasteiger partial charge in [0.1, 0.15) is 6.10 Å². The van der Waals surface area contributed by atoms with Gasteiger partial charge in [0, 0.05) is 13.2 Å². The SMILES string of the molecule is CCCCCCCCCCCOCC(O)COP(=O)(O)OCCN. The van der Waals surface area contributed by atoms with Crippen molar-refractivity contribution >= 4 is 7.82 Å². The third-order valence-corrected chi connectivity index (χ3v) is 4.49. The van der Waals surface area contributed by atoms with Gasteiger partial charge in [0.25, 0.3) is 0 Å². The third kappa shape index (κ3) is 16.8. The lowest BCUT2D eigenvalue weighted by molar-refractivity contribution is 0.00230. The second-order valence-corrected chi connectivity index (χ2v) is 7.40. The molecular weight excluding hydrogens is 333 g/mol. The van der Waals surface area contributed by atoms with Crippen LogP contribution >= 0.6 is 7.82 Å². The molecule has 4 N–H and O–H groups in total. The Morgan fingerprint density at radius 1 is 0.917 bits per heavy atom. The summed E-state index contributed by atoms with van der Waals surface area (Å²) in [6.07, 6.45) is 10.2. The number of hydrogen-bond acceptors (Lipinski definition) is 6. The zero-order chi connectivity index (χ0) is 18.1. The Labute approximate surface area is 146 Å². The molecule has 0 aromatic heterocycles. The molecule has 0 aliphatic carbocycles. The highest BCUT2D eigenvalue weighted by Gasteiger charge is 2.22. The smallest absolute Gasteiger partial charge is 0.388 e. The number of unbranched alkanes of at least 4 members (excludes halogenated alkanes) is 8. The molecule has 0 aromatic rings. The number of ether oxygens (including phenoxy) is 1. The molecule has 7 nitrogen and oxygen atoms in total. The molecule has 0 aromatic carbocycles. The zero-order valence-electron chi connectivity index (χ0n) is 15.0. The summed E-state index contributed by atoms with van der Waals surface area (Å²) in [4.78, 5) is 9.26. The fourth-order valence-electron chi connectivity index (χ4n) is 2.17. The van der Waals surface area contributed by atoms with E-state index in [1.807, 2.05) is 0 Å². The Kier molecular flexibility index (Phi) is 16.5. The lowest BCUT2D eigenvalue weighted by Gasteiger charge is -2.15. The average molecular weight is 369 g/mol. The molecule has 2 unspecified atom stereocenters. The maximum absolute atomic E-state index is 11.3.